The van der Waals surface area contributed by atoms with Crippen LogP contribution < -0.4 is 5.32 Å². The third-order valence-electron chi connectivity index (χ3n) is 5.52. The maximum absolute atomic E-state index is 3.78. The van der Waals surface area contributed by atoms with E-state index >= 15 is 0 Å². The van der Waals surface area contributed by atoms with E-state index in [0.29, 0.717) is 5.41 Å². The van der Waals surface area contributed by atoms with Crippen LogP contribution in [0.15, 0.2) is 0 Å². The van der Waals surface area contributed by atoms with Crippen LogP contribution in [0.5, 0.6) is 0 Å². The lowest BCUT2D eigenvalue weighted by Crippen LogP contribution is -2.52. The van der Waals surface area contributed by atoms with Gasteiger partial charge in [0.1, 0.15) is 0 Å². The minimum atomic E-state index is 0.545. The number of nitrogens with one attached hydrogen (secondary N) is 1. The molecule has 1 saturated carbocycles. The molecule has 0 aromatic heterocycles. The Bertz CT molecular complexity index is 300. The van der Waals surface area contributed by atoms with Crippen molar-refractivity contribution in [1.82, 2.24) is 10.2 Å². The quantitative estimate of drug-likeness (QED) is 0.798. The summed E-state index contributed by atoms with van der Waals surface area (Å²) in [4.78, 5) is 2.80. The van der Waals surface area contributed by atoms with Crippen LogP contribution >= 0.6 is 11.8 Å². The van der Waals surface area contributed by atoms with Crippen LogP contribution in [0.1, 0.15) is 59.8 Å². The summed E-state index contributed by atoms with van der Waals surface area (Å²) < 4.78 is 0. The molecule has 1 aliphatic carbocycles. The standard InChI is InChI=1S/C18H36N2S/c1-15(2)12-19-13-18(8-6-5-7-9-18)14-20-10-11-21-17(4)16(20)3/h15-17,19H,5-14H2,1-4H3. The normalized spacial score (nSPS) is 30.7. The number of hydrogen-bond acceptors (Lipinski definition) is 3. The van der Waals surface area contributed by atoms with E-state index in [9.17, 15) is 0 Å². The van der Waals surface area contributed by atoms with Crippen molar-refractivity contribution in [2.45, 2.75) is 71.1 Å². The fourth-order valence-corrected chi connectivity index (χ4v) is 5.13. The molecule has 0 bridgehead atoms. The first kappa shape index (κ1) is 17.6. The molecular formula is C18H36N2S. The lowest BCUT2D eigenvalue weighted by molar-refractivity contribution is 0.0802. The summed E-state index contributed by atoms with van der Waals surface area (Å²) in [7, 11) is 0. The second-order valence-corrected chi connectivity index (χ2v) is 9.36. The van der Waals surface area contributed by atoms with Crippen LogP contribution in [0, 0.1) is 11.3 Å². The maximum Gasteiger partial charge on any atom is 0.0184 e. The zero-order chi connectivity index (χ0) is 15.3. The molecule has 2 unspecified atom stereocenters. The molecule has 0 aromatic carbocycles. The molecule has 21 heavy (non-hydrogen) atoms. The summed E-state index contributed by atoms with van der Waals surface area (Å²) in [5.74, 6) is 2.08. The molecule has 0 radical (unpaired) electrons. The number of rotatable bonds is 6. The first-order chi connectivity index (χ1) is 10.0. The average Bonchev–Trinajstić information content (AvgIpc) is 2.44. The van der Waals surface area contributed by atoms with Crippen LogP contribution in [0.25, 0.3) is 0 Å². The Kier molecular flexibility index (Phi) is 6.89. The molecule has 2 fully saturated rings. The number of hydrogen-bond donors (Lipinski definition) is 1. The summed E-state index contributed by atoms with van der Waals surface area (Å²) in [6.07, 6.45) is 7.20. The summed E-state index contributed by atoms with van der Waals surface area (Å²) in [6, 6.07) is 0.743. The molecule has 1 aliphatic heterocycles. The van der Waals surface area contributed by atoms with Crippen molar-refractivity contribution in [2.24, 2.45) is 11.3 Å². The van der Waals surface area contributed by atoms with E-state index in [1.165, 1.54) is 64.0 Å². The van der Waals surface area contributed by atoms with Crippen molar-refractivity contribution < 1.29 is 0 Å². The highest BCUT2D eigenvalue weighted by molar-refractivity contribution is 8.00. The van der Waals surface area contributed by atoms with Gasteiger partial charge in [0.05, 0.1) is 0 Å². The van der Waals surface area contributed by atoms with Crippen molar-refractivity contribution in [2.75, 3.05) is 31.9 Å². The smallest absolute Gasteiger partial charge is 0.0184 e. The van der Waals surface area contributed by atoms with Gasteiger partial charge in [-0.1, -0.05) is 40.0 Å². The predicted octanol–water partition coefficient (Wildman–Crippen LogP) is 4.01. The Balaban J connectivity index is 1.94. The molecule has 0 aromatic rings. The lowest BCUT2D eigenvalue weighted by atomic mass is 9.73. The van der Waals surface area contributed by atoms with Gasteiger partial charge in [0.2, 0.25) is 0 Å². The lowest BCUT2D eigenvalue weighted by Gasteiger charge is -2.46. The summed E-state index contributed by atoms with van der Waals surface area (Å²) in [5, 5.41) is 4.57. The Hall–Kier alpha value is 0.270. The maximum atomic E-state index is 3.78. The SMILES string of the molecule is CC(C)CNCC1(CN2CCSC(C)C2C)CCCCC1. The van der Waals surface area contributed by atoms with Crippen LogP contribution in [-0.4, -0.2) is 48.1 Å². The fourth-order valence-electron chi connectivity index (χ4n) is 3.97. The van der Waals surface area contributed by atoms with Gasteiger partial charge in [0.25, 0.3) is 0 Å². The van der Waals surface area contributed by atoms with Gasteiger partial charge in [-0.3, -0.25) is 4.90 Å². The first-order valence-electron chi connectivity index (χ1n) is 9.09. The summed E-state index contributed by atoms with van der Waals surface area (Å²) in [6.45, 7) is 14.5. The van der Waals surface area contributed by atoms with Gasteiger partial charge in [-0.15, -0.1) is 0 Å². The Morgan fingerprint density at radius 3 is 2.57 bits per heavy atom. The predicted molar refractivity (Wildman–Crippen MR) is 96.2 cm³/mol. The molecule has 1 heterocycles. The van der Waals surface area contributed by atoms with E-state index in [4.69, 9.17) is 0 Å². The van der Waals surface area contributed by atoms with Gasteiger partial charge in [-0.2, -0.15) is 11.8 Å². The van der Waals surface area contributed by atoms with Crippen molar-refractivity contribution in [3.05, 3.63) is 0 Å². The molecule has 2 nitrogen and oxygen atoms in total. The van der Waals surface area contributed by atoms with Gasteiger partial charge >= 0.3 is 0 Å². The Morgan fingerprint density at radius 1 is 1.19 bits per heavy atom. The molecule has 0 spiro atoms. The van der Waals surface area contributed by atoms with E-state index < -0.39 is 0 Å². The van der Waals surface area contributed by atoms with Gasteiger partial charge in [0, 0.05) is 36.7 Å². The minimum absolute atomic E-state index is 0.545. The highest BCUT2D eigenvalue weighted by Gasteiger charge is 2.36. The van der Waals surface area contributed by atoms with E-state index in [-0.39, 0.29) is 0 Å². The summed E-state index contributed by atoms with van der Waals surface area (Å²) in [5.41, 5.74) is 0.545. The zero-order valence-corrected chi connectivity index (χ0v) is 15.5. The second-order valence-electron chi connectivity index (χ2n) is 7.87. The highest BCUT2D eigenvalue weighted by atomic mass is 32.2. The molecule has 3 heteroatoms. The molecule has 1 saturated heterocycles. The Labute approximate surface area is 136 Å². The summed E-state index contributed by atoms with van der Waals surface area (Å²) >= 11 is 2.16. The zero-order valence-electron chi connectivity index (χ0n) is 14.7. The van der Waals surface area contributed by atoms with Crippen molar-refractivity contribution in [1.29, 1.82) is 0 Å². The molecule has 2 atom stereocenters. The Morgan fingerprint density at radius 2 is 1.90 bits per heavy atom. The van der Waals surface area contributed by atoms with Crippen LogP contribution in [0.3, 0.4) is 0 Å². The first-order valence-corrected chi connectivity index (χ1v) is 10.1. The van der Waals surface area contributed by atoms with Crippen LogP contribution in [0.4, 0.5) is 0 Å². The van der Waals surface area contributed by atoms with Gasteiger partial charge in [0.15, 0.2) is 0 Å². The monoisotopic (exact) mass is 312 g/mol. The van der Waals surface area contributed by atoms with Gasteiger partial charge < -0.3 is 5.32 Å². The second kappa shape index (κ2) is 8.21. The van der Waals surface area contributed by atoms with Crippen LogP contribution in [-0.2, 0) is 0 Å². The third-order valence-corrected chi connectivity index (χ3v) is 6.86. The molecule has 2 aliphatic rings. The van der Waals surface area contributed by atoms with Crippen LogP contribution in [0.2, 0.25) is 0 Å². The molecule has 0 amide bonds. The number of thioether (sulfide) groups is 1. The molecule has 2 rings (SSSR count). The molecule has 124 valence electrons. The highest BCUT2D eigenvalue weighted by Crippen LogP contribution is 2.38. The third kappa shape index (κ3) is 5.14. The minimum Gasteiger partial charge on any atom is -0.316 e. The largest absolute Gasteiger partial charge is 0.316 e. The van der Waals surface area contributed by atoms with Crippen molar-refractivity contribution in [3.63, 3.8) is 0 Å². The van der Waals surface area contributed by atoms with Crippen molar-refractivity contribution in [3.8, 4) is 0 Å². The van der Waals surface area contributed by atoms with Crippen molar-refractivity contribution >= 4 is 11.8 Å². The average molecular weight is 313 g/mol. The van der Waals surface area contributed by atoms with E-state index in [1.807, 2.05) is 0 Å². The topological polar surface area (TPSA) is 15.3 Å². The van der Waals surface area contributed by atoms with E-state index in [0.717, 1.165) is 17.2 Å². The van der Waals surface area contributed by atoms with Gasteiger partial charge in [-0.05, 0) is 37.6 Å². The van der Waals surface area contributed by atoms with E-state index in [2.05, 4.69) is 49.7 Å². The molecule has 1 N–H and O–H groups in total. The molecular weight excluding hydrogens is 276 g/mol. The van der Waals surface area contributed by atoms with Gasteiger partial charge in [-0.25, -0.2) is 0 Å². The fraction of sp³-hybridized carbons (Fsp3) is 1.00. The van der Waals surface area contributed by atoms with E-state index in [1.54, 1.807) is 0 Å². The number of nitrogens with zero attached hydrogens (tertiary/aromatic N) is 1.